The number of halogens is 3. The Kier molecular flexibility index (Phi) is 5.62. The van der Waals surface area contributed by atoms with Crippen LogP contribution in [0.3, 0.4) is 0 Å². The number of alkyl halides is 2. The van der Waals surface area contributed by atoms with Gasteiger partial charge < -0.3 is 15.2 Å². The molecule has 4 rings (SSSR count). The van der Waals surface area contributed by atoms with Crippen molar-refractivity contribution in [1.82, 2.24) is 25.2 Å². The van der Waals surface area contributed by atoms with Crippen molar-refractivity contribution in [2.45, 2.75) is 31.7 Å². The first-order chi connectivity index (χ1) is 14.7. The number of aromatic amines is 1. The molecule has 0 aromatic carbocycles. The van der Waals surface area contributed by atoms with Crippen molar-refractivity contribution in [3.05, 3.63) is 58.6 Å². The number of rotatable bonds is 5. The maximum Gasteiger partial charge on any atom is 0.268 e. The summed E-state index contributed by atoms with van der Waals surface area (Å²) in [6.07, 6.45) is 4.46. The lowest BCUT2D eigenvalue weighted by atomic mass is 10.0. The van der Waals surface area contributed by atoms with Crippen molar-refractivity contribution in [2.75, 3.05) is 13.1 Å². The number of nitrogens with zero attached hydrogens (tertiary/aromatic N) is 3. The van der Waals surface area contributed by atoms with Crippen LogP contribution in [0.15, 0.2) is 36.8 Å². The van der Waals surface area contributed by atoms with E-state index in [1.165, 1.54) is 6.20 Å². The molecule has 0 bridgehead atoms. The Morgan fingerprint density at radius 2 is 2.16 bits per heavy atom. The minimum Gasteiger partial charge on any atom is -0.339 e. The molecule has 3 aromatic heterocycles. The number of pyridine rings is 2. The molecule has 0 aliphatic carbocycles. The Labute approximate surface area is 181 Å². The zero-order valence-corrected chi connectivity index (χ0v) is 17.4. The Hall–Kier alpha value is -3.07. The van der Waals surface area contributed by atoms with Gasteiger partial charge in [-0.3, -0.25) is 14.6 Å². The van der Waals surface area contributed by atoms with Crippen LogP contribution >= 0.6 is 11.6 Å². The minimum atomic E-state index is -2.92. The van der Waals surface area contributed by atoms with Crippen molar-refractivity contribution >= 4 is 34.4 Å². The Morgan fingerprint density at radius 1 is 1.35 bits per heavy atom. The summed E-state index contributed by atoms with van der Waals surface area (Å²) in [4.78, 5) is 38.1. The van der Waals surface area contributed by atoms with E-state index in [1.807, 2.05) is 6.92 Å². The molecule has 0 saturated carbocycles. The van der Waals surface area contributed by atoms with Gasteiger partial charge in [0.15, 0.2) is 0 Å². The highest BCUT2D eigenvalue weighted by Crippen LogP contribution is 2.27. The SMILES string of the molecule is Cc1cnccc1CC(NC(=O)c1cc2cc(Cl)cnc2[nH]1)C(=O)N1CCC(F)(F)C1. The summed E-state index contributed by atoms with van der Waals surface area (Å²) in [5.74, 6) is -4.00. The summed E-state index contributed by atoms with van der Waals surface area (Å²) in [7, 11) is 0. The molecule has 2 amide bonds. The van der Waals surface area contributed by atoms with E-state index in [0.29, 0.717) is 16.1 Å². The fourth-order valence-electron chi connectivity index (χ4n) is 3.64. The number of H-pyrrole nitrogens is 1. The maximum absolute atomic E-state index is 13.7. The fourth-order valence-corrected chi connectivity index (χ4v) is 3.81. The minimum absolute atomic E-state index is 0.0532. The Morgan fingerprint density at radius 3 is 2.87 bits per heavy atom. The second-order valence-electron chi connectivity index (χ2n) is 7.67. The predicted molar refractivity (Wildman–Crippen MR) is 111 cm³/mol. The third-order valence-corrected chi connectivity index (χ3v) is 5.53. The number of amides is 2. The van der Waals surface area contributed by atoms with Gasteiger partial charge in [-0.25, -0.2) is 13.8 Å². The topological polar surface area (TPSA) is 91.0 Å². The number of aryl methyl sites for hydroxylation is 1. The molecule has 7 nitrogen and oxygen atoms in total. The molecule has 3 aromatic rings. The molecule has 4 heterocycles. The molecule has 2 N–H and O–H groups in total. The average molecular weight is 448 g/mol. The van der Waals surface area contributed by atoms with Crippen LogP contribution in [0, 0.1) is 6.92 Å². The molecule has 1 saturated heterocycles. The van der Waals surface area contributed by atoms with Gasteiger partial charge in [0, 0.05) is 43.4 Å². The number of hydrogen-bond donors (Lipinski definition) is 2. The Bertz CT molecular complexity index is 1150. The summed E-state index contributed by atoms with van der Waals surface area (Å²) in [6.45, 7) is 1.13. The predicted octanol–water partition coefficient (Wildman–Crippen LogP) is 3.13. The van der Waals surface area contributed by atoms with Crippen LogP contribution in [0.2, 0.25) is 5.02 Å². The van der Waals surface area contributed by atoms with Gasteiger partial charge in [0.2, 0.25) is 5.91 Å². The van der Waals surface area contributed by atoms with E-state index in [2.05, 4.69) is 20.3 Å². The average Bonchev–Trinajstić information content (AvgIpc) is 3.31. The van der Waals surface area contributed by atoms with Crippen molar-refractivity contribution in [1.29, 1.82) is 0 Å². The molecule has 1 unspecified atom stereocenters. The van der Waals surface area contributed by atoms with E-state index in [1.54, 1.807) is 30.6 Å². The molecule has 1 atom stereocenters. The van der Waals surface area contributed by atoms with Gasteiger partial charge in [-0.15, -0.1) is 0 Å². The van der Waals surface area contributed by atoms with Gasteiger partial charge >= 0.3 is 0 Å². The highest BCUT2D eigenvalue weighted by Gasteiger charge is 2.42. The highest BCUT2D eigenvalue weighted by molar-refractivity contribution is 6.31. The number of carbonyl (C=O) groups excluding carboxylic acids is 2. The number of aromatic nitrogens is 3. The molecule has 1 aliphatic heterocycles. The van der Waals surface area contributed by atoms with E-state index in [-0.39, 0.29) is 25.1 Å². The molecular formula is C21H20ClF2N5O2. The van der Waals surface area contributed by atoms with Crippen molar-refractivity contribution in [3.8, 4) is 0 Å². The van der Waals surface area contributed by atoms with Crippen LogP contribution in [0.4, 0.5) is 8.78 Å². The first-order valence-electron chi connectivity index (χ1n) is 9.73. The number of fused-ring (bicyclic) bond motifs is 1. The standard InChI is InChI=1S/C21H20ClF2N5O2/c1-12-9-25-4-2-13(12)7-17(20(31)29-5-3-21(23,24)11-29)28-19(30)16-8-14-6-15(22)10-26-18(14)27-16/h2,4,6,8-10,17H,3,5,7,11H2,1H3,(H,26,27)(H,28,30). The largest absolute Gasteiger partial charge is 0.339 e. The van der Waals surface area contributed by atoms with Crippen molar-refractivity contribution in [2.24, 2.45) is 0 Å². The number of carbonyl (C=O) groups is 2. The number of nitrogens with one attached hydrogen (secondary N) is 2. The maximum atomic E-state index is 13.7. The first kappa shape index (κ1) is 21.2. The molecule has 31 heavy (non-hydrogen) atoms. The molecule has 0 radical (unpaired) electrons. The monoisotopic (exact) mass is 447 g/mol. The zero-order valence-electron chi connectivity index (χ0n) is 16.7. The summed E-state index contributed by atoms with van der Waals surface area (Å²) in [5.41, 5.74) is 2.30. The lowest BCUT2D eigenvalue weighted by molar-refractivity contribution is -0.133. The number of hydrogen-bond acceptors (Lipinski definition) is 4. The fraction of sp³-hybridized carbons (Fsp3) is 0.333. The van der Waals surface area contributed by atoms with Gasteiger partial charge in [0.1, 0.15) is 17.4 Å². The highest BCUT2D eigenvalue weighted by atomic mass is 35.5. The smallest absolute Gasteiger partial charge is 0.268 e. The second-order valence-corrected chi connectivity index (χ2v) is 8.11. The summed E-state index contributed by atoms with van der Waals surface area (Å²) in [6, 6.07) is 3.97. The van der Waals surface area contributed by atoms with Crippen molar-refractivity contribution < 1.29 is 18.4 Å². The normalized spacial score (nSPS) is 16.5. The first-order valence-corrected chi connectivity index (χ1v) is 10.1. The third kappa shape index (κ3) is 4.66. The van der Waals surface area contributed by atoms with Gasteiger partial charge in [0.25, 0.3) is 11.8 Å². The molecular weight excluding hydrogens is 428 g/mol. The molecule has 1 fully saturated rings. The summed E-state index contributed by atoms with van der Waals surface area (Å²) in [5, 5.41) is 3.77. The lowest BCUT2D eigenvalue weighted by Crippen LogP contribution is -2.49. The number of likely N-dealkylation sites (tertiary alicyclic amines) is 1. The zero-order chi connectivity index (χ0) is 22.2. The van der Waals surface area contributed by atoms with Crippen LogP contribution in [-0.4, -0.2) is 56.7 Å². The van der Waals surface area contributed by atoms with Gasteiger partial charge in [-0.2, -0.15) is 0 Å². The van der Waals surface area contributed by atoms with Gasteiger partial charge in [0.05, 0.1) is 11.6 Å². The molecule has 10 heteroatoms. The summed E-state index contributed by atoms with van der Waals surface area (Å²) >= 11 is 5.94. The van der Waals surface area contributed by atoms with Crippen LogP contribution in [0.1, 0.15) is 28.0 Å². The van der Waals surface area contributed by atoms with E-state index in [9.17, 15) is 18.4 Å². The van der Waals surface area contributed by atoms with Crippen LogP contribution in [0.25, 0.3) is 11.0 Å². The van der Waals surface area contributed by atoms with E-state index in [0.717, 1.165) is 16.0 Å². The quantitative estimate of drug-likeness (QED) is 0.628. The molecule has 162 valence electrons. The van der Waals surface area contributed by atoms with Crippen LogP contribution < -0.4 is 5.32 Å². The van der Waals surface area contributed by atoms with Crippen LogP contribution in [0.5, 0.6) is 0 Å². The third-order valence-electron chi connectivity index (χ3n) is 5.33. The molecule has 0 spiro atoms. The lowest BCUT2D eigenvalue weighted by Gasteiger charge is -2.24. The van der Waals surface area contributed by atoms with Gasteiger partial charge in [-0.05, 0) is 36.2 Å². The second kappa shape index (κ2) is 8.22. The molecule has 1 aliphatic rings. The van der Waals surface area contributed by atoms with E-state index in [4.69, 9.17) is 11.6 Å². The van der Waals surface area contributed by atoms with E-state index >= 15 is 0 Å². The van der Waals surface area contributed by atoms with Gasteiger partial charge in [-0.1, -0.05) is 11.6 Å². The van der Waals surface area contributed by atoms with Crippen molar-refractivity contribution in [3.63, 3.8) is 0 Å². The Balaban J connectivity index is 1.59. The van der Waals surface area contributed by atoms with E-state index < -0.39 is 30.3 Å². The van der Waals surface area contributed by atoms with Crippen LogP contribution in [-0.2, 0) is 11.2 Å². The summed E-state index contributed by atoms with van der Waals surface area (Å²) < 4.78 is 27.4.